The highest BCUT2D eigenvalue weighted by molar-refractivity contribution is 14.2. The molecule has 1 aromatic rings. The Morgan fingerprint density at radius 1 is 1.62 bits per heavy atom. The predicted molar refractivity (Wildman–Crippen MR) is 67.4 cm³/mol. The summed E-state index contributed by atoms with van der Waals surface area (Å²) in [7, 11) is -1.50. The molecule has 0 heterocycles. The molecule has 1 aromatic carbocycles. The third-order valence-corrected chi connectivity index (χ3v) is 2.77. The van der Waals surface area contributed by atoms with Gasteiger partial charge in [-0.3, -0.25) is 10.1 Å². The fourth-order valence-electron chi connectivity index (χ4n) is 1.06. The van der Waals surface area contributed by atoms with E-state index in [1.807, 2.05) is 0 Å². The van der Waals surface area contributed by atoms with Gasteiger partial charge in [0.25, 0.3) is 26.9 Å². The number of hydrogen-bond donors (Lipinski definition) is 0. The molecule has 16 heavy (non-hydrogen) atoms. The van der Waals surface area contributed by atoms with Crippen LogP contribution in [0.3, 0.4) is 0 Å². The molecule has 0 aliphatic carbocycles. The Hall–Kier alpha value is -0.740. The summed E-state index contributed by atoms with van der Waals surface area (Å²) in [5, 5.41) is 10.5. The molecule has 0 aromatic heterocycles. The number of benzene rings is 1. The van der Waals surface area contributed by atoms with Crippen LogP contribution in [0.25, 0.3) is 0 Å². The van der Waals surface area contributed by atoms with Crippen molar-refractivity contribution in [3.8, 4) is 0 Å². The Bertz CT molecular complexity index is 453. The monoisotopic (exact) mass is 356 g/mol. The number of halogens is 2. The number of hydrogen-bond acceptors (Lipinski definition) is 4. The van der Waals surface area contributed by atoms with E-state index >= 15 is 0 Å². The second-order valence-electron chi connectivity index (χ2n) is 2.80. The van der Waals surface area contributed by atoms with Gasteiger partial charge in [-0.1, -0.05) is 4.40 Å². The zero-order chi connectivity index (χ0) is 12.3. The maximum absolute atomic E-state index is 13.3. The molecule has 86 valence electrons. The van der Waals surface area contributed by atoms with Crippen molar-refractivity contribution in [2.75, 3.05) is 0 Å². The van der Waals surface area contributed by atoms with Gasteiger partial charge in [0.15, 0.2) is 8.53 Å². The van der Waals surface area contributed by atoms with E-state index in [1.54, 1.807) is 21.2 Å². The molecule has 0 spiro atoms. The molecule has 1 unspecified atom stereocenters. The van der Waals surface area contributed by atoms with Gasteiger partial charge in [-0.25, -0.2) is 4.39 Å². The Morgan fingerprint density at radius 3 is 2.75 bits per heavy atom. The number of nitrogens with zero attached hydrogens (tertiary/aromatic N) is 2. The summed E-state index contributed by atoms with van der Waals surface area (Å²) in [6.07, 6.45) is 0. The highest BCUT2D eigenvalue weighted by Crippen LogP contribution is 2.18. The Morgan fingerprint density at radius 2 is 2.25 bits per heavy atom. The molecule has 0 bridgehead atoms. The van der Waals surface area contributed by atoms with Crippen LogP contribution in [0, 0.1) is 15.9 Å². The minimum Gasteiger partial charge on any atom is -0.583 e. The van der Waals surface area contributed by atoms with E-state index in [4.69, 9.17) is 0 Å². The minimum atomic E-state index is -1.50. The van der Waals surface area contributed by atoms with Crippen molar-refractivity contribution in [1.29, 1.82) is 0 Å². The molecule has 0 saturated heterocycles. The van der Waals surface area contributed by atoms with E-state index in [0.29, 0.717) is 0 Å². The first-order valence-corrected chi connectivity index (χ1v) is 7.64. The average Bonchev–Trinajstić information content (AvgIpc) is 2.16. The van der Waals surface area contributed by atoms with Crippen LogP contribution in [-0.4, -0.2) is 15.2 Å². The average molecular weight is 356 g/mol. The topological polar surface area (TPSA) is 78.6 Å². The molecule has 0 saturated carbocycles. The summed E-state index contributed by atoms with van der Waals surface area (Å²) in [5.41, 5.74) is -0.0849. The predicted octanol–water partition coefficient (Wildman–Crippen LogP) is 2.56. The summed E-state index contributed by atoms with van der Waals surface area (Å²) in [6.45, 7) is 1.44. The highest BCUT2D eigenvalue weighted by atomic mass is 127. The molecule has 0 fully saturated rings. The summed E-state index contributed by atoms with van der Waals surface area (Å²) < 4.78 is 27.8. The maximum atomic E-state index is 13.3. The summed E-state index contributed by atoms with van der Waals surface area (Å²) >= 11 is 1.55. The fraction of sp³-hybridized carbons (Fsp3) is 0.125. The van der Waals surface area contributed by atoms with Crippen molar-refractivity contribution in [2.24, 2.45) is 4.40 Å². The number of nitro groups is 1. The minimum absolute atomic E-state index is 0.0146. The number of rotatable bonds is 3. The summed E-state index contributed by atoms with van der Waals surface area (Å²) in [6, 6.07) is 3.12. The van der Waals surface area contributed by atoms with Crippen molar-refractivity contribution in [3.63, 3.8) is 0 Å². The van der Waals surface area contributed by atoms with Crippen LogP contribution in [-0.2, 0) is 8.53 Å². The smallest absolute Gasteiger partial charge is 0.283 e. The van der Waals surface area contributed by atoms with Gasteiger partial charge in [-0.15, -0.1) is 0 Å². The van der Waals surface area contributed by atoms with E-state index in [1.165, 1.54) is 6.92 Å². The number of non-ortho nitro benzene ring substituents is 1. The number of nitro benzene ring substituents is 1. The molecule has 5 nitrogen and oxygen atoms in total. The van der Waals surface area contributed by atoms with Gasteiger partial charge in [0.1, 0.15) is 5.82 Å². The Labute approximate surface area is 106 Å². The zero-order valence-corrected chi connectivity index (χ0v) is 11.0. The largest absolute Gasteiger partial charge is 0.583 e. The third-order valence-electron chi connectivity index (χ3n) is 1.76. The lowest BCUT2D eigenvalue weighted by atomic mass is 10.1. The van der Waals surface area contributed by atoms with Gasteiger partial charge in [0, 0.05) is 17.7 Å². The van der Waals surface area contributed by atoms with E-state index in [9.17, 15) is 19.1 Å². The van der Waals surface area contributed by atoms with E-state index in [2.05, 4.69) is 4.40 Å². The van der Waals surface area contributed by atoms with Crippen LogP contribution < -0.4 is 0 Å². The lowest BCUT2D eigenvalue weighted by molar-refractivity contribution is -0.384. The summed E-state index contributed by atoms with van der Waals surface area (Å²) in [5.74, 6) is -0.631. The van der Waals surface area contributed by atoms with Gasteiger partial charge in [0.05, 0.1) is 10.6 Å². The van der Waals surface area contributed by atoms with Crippen molar-refractivity contribution in [2.45, 2.75) is 6.92 Å². The second-order valence-corrected chi connectivity index (χ2v) is 5.66. The third kappa shape index (κ3) is 3.39. The first-order valence-electron chi connectivity index (χ1n) is 3.99. The molecule has 0 aliphatic rings. The van der Waals surface area contributed by atoms with Gasteiger partial charge >= 0.3 is 0 Å². The van der Waals surface area contributed by atoms with Gasteiger partial charge < -0.3 is 4.55 Å². The van der Waals surface area contributed by atoms with E-state index in [0.717, 1.165) is 18.2 Å². The van der Waals surface area contributed by atoms with Crippen molar-refractivity contribution in [3.05, 3.63) is 39.7 Å². The fourth-order valence-corrected chi connectivity index (χ4v) is 2.26. The van der Waals surface area contributed by atoms with E-state index in [-0.39, 0.29) is 17.0 Å². The van der Waals surface area contributed by atoms with Crippen LogP contribution in [0.1, 0.15) is 12.5 Å². The van der Waals surface area contributed by atoms with Gasteiger partial charge in [-0.2, -0.15) is 0 Å². The maximum Gasteiger partial charge on any atom is 0.283 e. The first kappa shape index (κ1) is 13.3. The normalized spacial score (nSPS) is 13.6. The van der Waals surface area contributed by atoms with Crippen LogP contribution in [0.4, 0.5) is 10.1 Å². The second kappa shape index (κ2) is 5.55. The molecule has 0 N–H and O–H groups in total. The van der Waals surface area contributed by atoms with Gasteiger partial charge in [0.2, 0.25) is 0 Å². The van der Waals surface area contributed by atoms with E-state index < -0.39 is 19.3 Å². The SMILES string of the molecule is CC(=N[S+]([O-])I)c1cc([N+](=O)[O-])ccc1F. The molecule has 8 heteroatoms. The molecule has 0 amide bonds. The van der Waals surface area contributed by atoms with Crippen molar-refractivity contribution in [1.82, 2.24) is 0 Å². The Balaban J connectivity index is 3.22. The van der Waals surface area contributed by atoms with Crippen LogP contribution >= 0.6 is 21.2 Å². The molecule has 1 rings (SSSR count). The van der Waals surface area contributed by atoms with Crippen LogP contribution in [0.2, 0.25) is 0 Å². The van der Waals surface area contributed by atoms with Crippen LogP contribution in [0.15, 0.2) is 22.6 Å². The standard InChI is InChI=1S/C8H6FIN2O3S/c1-5(11-16(10)15)7-4-6(12(13)14)2-3-8(7)9/h2-4H,1H3. The first-order chi connectivity index (χ1) is 7.41. The lowest BCUT2D eigenvalue weighted by Crippen LogP contribution is -2.02. The highest BCUT2D eigenvalue weighted by Gasteiger charge is 2.14. The summed E-state index contributed by atoms with van der Waals surface area (Å²) in [4.78, 5) is 9.86. The molecular formula is C8H6FIN2O3S. The Kier molecular flexibility index (Phi) is 4.62. The van der Waals surface area contributed by atoms with Gasteiger partial charge in [-0.05, 0) is 13.0 Å². The van der Waals surface area contributed by atoms with Crippen molar-refractivity contribution < 1.29 is 13.9 Å². The molecule has 1 atom stereocenters. The molecule has 0 radical (unpaired) electrons. The molecule has 0 aliphatic heterocycles. The van der Waals surface area contributed by atoms with Crippen molar-refractivity contribution >= 4 is 41.1 Å². The lowest BCUT2D eigenvalue weighted by Gasteiger charge is -2.01. The van der Waals surface area contributed by atoms with Crippen LogP contribution in [0.5, 0.6) is 0 Å². The quantitative estimate of drug-likeness (QED) is 0.275. The zero-order valence-electron chi connectivity index (χ0n) is 8.02. The molecular weight excluding hydrogens is 350 g/mol.